The summed E-state index contributed by atoms with van der Waals surface area (Å²) in [6.07, 6.45) is 3.57. The SMILES string of the molecule is CCC(CNC(=O)Cc1c(Cl)cnn1C)NC(=O)c1ccc(C#N)cn1. The van der Waals surface area contributed by atoms with Gasteiger partial charge in [0.15, 0.2) is 0 Å². The number of amides is 2. The van der Waals surface area contributed by atoms with Crippen molar-refractivity contribution in [2.75, 3.05) is 6.54 Å². The van der Waals surface area contributed by atoms with Gasteiger partial charge in [0.25, 0.3) is 5.91 Å². The molecule has 1 unspecified atom stereocenters. The number of hydrogen-bond acceptors (Lipinski definition) is 5. The van der Waals surface area contributed by atoms with Crippen LogP contribution in [0.25, 0.3) is 0 Å². The van der Waals surface area contributed by atoms with Crippen molar-refractivity contribution in [2.24, 2.45) is 7.05 Å². The fourth-order valence-electron chi connectivity index (χ4n) is 2.24. The highest BCUT2D eigenvalue weighted by molar-refractivity contribution is 6.31. The molecule has 8 nitrogen and oxygen atoms in total. The number of aryl methyl sites for hydroxylation is 1. The Balaban J connectivity index is 1.87. The molecular formula is C17H19ClN6O2. The summed E-state index contributed by atoms with van der Waals surface area (Å²) in [5.41, 5.74) is 1.23. The van der Waals surface area contributed by atoms with E-state index in [1.807, 2.05) is 13.0 Å². The minimum absolute atomic E-state index is 0.108. The Bertz CT molecular complexity index is 805. The third kappa shape index (κ3) is 5.04. The third-order valence-electron chi connectivity index (χ3n) is 3.84. The fourth-order valence-corrected chi connectivity index (χ4v) is 2.47. The molecule has 0 saturated heterocycles. The lowest BCUT2D eigenvalue weighted by Gasteiger charge is -2.17. The average molecular weight is 375 g/mol. The molecule has 0 aliphatic rings. The van der Waals surface area contributed by atoms with Crippen LogP contribution >= 0.6 is 11.6 Å². The van der Waals surface area contributed by atoms with E-state index in [0.717, 1.165) is 0 Å². The summed E-state index contributed by atoms with van der Waals surface area (Å²) in [6, 6.07) is 4.72. The van der Waals surface area contributed by atoms with Crippen molar-refractivity contribution < 1.29 is 9.59 Å². The second-order valence-corrected chi connectivity index (χ2v) is 6.07. The van der Waals surface area contributed by atoms with E-state index in [1.54, 1.807) is 11.7 Å². The Morgan fingerprint density at radius 3 is 2.69 bits per heavy atom. The van der Waals surface area contributed by atoms with E-state index in [4.69, 9.17) is 16.9 Å². The molecule has 26 heavy (non-hydrogen) atoms. The number of rotatable bonds is 7. The van der Waals surface area contributed by atoms with E-state index in [0.29, 0.717) is 22.7 Å². The molecule has 0 bridgehead atoms. The molecule has 2 aromatic rings. The van der Waals surface area contributed by atoms with Crippen LogP contribution in [0.5, 0.6) is 0 Å². The van der Waals surface area contributed by atoms with Crippen LogP contribution in [0, 0.1) is 11.3 Å². The molecule has 0 aromatic carbocycles. The number of carbonyl (C=O) groups is 2. The van der Waals surface area contributed by atoms with Crippen molar-refractivity contribution in [1.29, 1.82) is 5.26 Å². The van der Waals surface area contributed by atoms with Crippen molar-refractivity contribution in [2.45, 2.75) is 25.8 Å². The number of nitrogens with one attached hydrogen (secondary N) is 2. The van der Waals surface area contributed by atoms with E-state index < -0.39 is 0 Å². The number of nitrogens with zero attached hydrogens (tertiary/aromatic N) is 4. The van der Waals surface area contributed by atoms with Crippen LogP contribution < -0.4 is 10.6 Å². The predicted molar refractivity (Wildman–Crippen MR) is 95.4 cm³/mol. The number of halogens is 1. The first-order chi connectivity index (χ1) is 12.4. The molecule has 1 atom stereocenters. The van der Waals surface area contributed by atoms with E-state index in [1.165, 1.54) is 24.5 Å². The molecule has 0 spiro atoms. The van der Waals surface area contributed by atoms with E-state index >= 15 is 0 Å². The molecule has 0 fully saturated rings. The lowest BCUT2D eigenvalue weighted by atomic mass is 10.2. The van der Waals surface area contributed by atoms with Gasteiger partial charge in [-0.25, -0.2) is 4.98 Å². The number of aromatic nitrogens is 3. The molecule has 2 N–H and O–H groups in total. The number of pyridine rings is 1. The van der Waals surface area contributed by atoms with Gasteiger partial charge in [-0.3, -0.25) is 14.3 Å². The van der Waals surface area contributed by atoms with Gasteiger partial charge in [0.1, 0.15) is 11.8 Å². The maximum atomic E-state index is 12.2. The molecular weight excluding hydrogens is 356 g/mol. The highest BCUT2D eigenvalue weighted by Crippen LogP contribution is 2.14. The molecule has 2 amide bonds. The lowest BCUT2D eigenvalue weighted by molar-refractivity contribution is -0.120. The first-order valence-electron chi connectivity index (χ1n) is 8.04. The van der Waals surface area contributed by atoms with Crippen LogP contribution in [0.4, 0.5) is 0 Å². The highest BCUT2D eigenvalue weighted by atomic mass is 35.5. The molecule has 2 aromatic heterocycles. The van der Waals surface area contributed by atoms with Gasteiger partial charge in [-0.1, -0.05) is 18.5 Å². The van der Waals surface area contributed by atoms with E-state index in [2.05, 4.69) is 20.7 Å². The van der Waals surface area contributed by atoms with Crippen LogP contribution in [-0.2, 0) is 18.3 Å². The molecule has 136 valence electrons. The zero-order chi connectivity index (χ0) is 19.1. The van der Waals surface area contributed by atoms with Gasteiger partial charge >= 0.3 is 0 Å². The summed E-state index contributed by atoms with van der Waals surface area (Å²) in [7, 11) is 1.72. The van der Waals surface area contributed by atoms with Gasteiger partial charge in [-0.2, -0.15) is 10.4 Å². The van der Waals surface area contributed by atoms with Crippen molar-refractivity contribution in [1.82, 2.24) is 25.4 Å². The zero-order valence-electron chi connectivity index (χ0n) is 14.5. The summed E-state index contributed by atoms with van der Waals surface area (Å²) in [4.78, 5) is 28.3. The second-order valence-electron chi connectivity index (χ2n) is 5.67. The molecule has 2 rings (SSSR count). The first kappa shape index (κ1) is 19.4. The van der Waals surface area contributed by atoms with Crippen LogP contribution in [0.1, 0.15) is 35.1 Å². The molecule has 0 radical (unpaired) electrons. The maximum absolute atomic E-state index is 12.2. The van der Waals surface area contributed by atoms with Crippen molar-refractivity contribution in [3.63, 3.8) is 0 Å². The van der Waals surface area contributed by atoms with Crippen LogP contribution in [0.2, 0.25) is 5.02 Å². The van der Waals surface area contributed by atoms with Gasteiger partial charge in [0.2, 0.25) is 5.91 Å². The Hall–Kier alpha value is -2.92. The smallest absolute Gasteiger partial charge is 0.270 e. The van der Waals surface area contributed by atoms with Crippen molar-refractivity contribution in [3.8, 4) is 6.07 Å². The van der Waals surface area contributed by atoms with Crippen molar-refractivity contribution in [3.05, 3.63) is 46.5 Å². The average Bonchev–Trinajstić information content (AvgIpc) is 2.96. The maximum Gasteiger partial charge on any atom is 0.270 e. The number of carbonyl (C=O) groups excluding carboxylic acids is 2. The topological polar surface area (TPSA) is 113 Å². The standard InChI is InChI=1S/C17H19ClN6O2/c1-3-12(23-17(26)14-5-4-11(7-19)8-20-14)9-21-16(25)6-15-13(18)10-22-24(15)2/h4-5,8,10,12H,3,6,9H2,1-2H3,(H,21,25)(H,23,26). The van der Waals surface area contributed by atoms with Gasteiger partial charge < -0.3 is 10.6 Å². The molecule has 0 saturated carbocycles. The van der Waals surface area contributed by atoms with E-state index in [9.17, 15) is 9.59 Å². The quantitative estimate of drug-likeness (QED) is 0.756. The number of nitriles is 1. The Kier molecular flexibility index (Phi) is 6.69. The summed E-state index contributed by atoms with van der Waals surface area (Å²) < 4.78 is 1.55. The Morgan fingerprint density at radius 1 is 1.38 bits per heavy atom. The van der Waals surface area contributed by atoms with Gasteiger partial charge in [0, 0.05) is 25.8 Å². The van der Waals surface area contributed by atoms with Crippen molar-refractivity contribution >= 4 is 23.4 Å². The normalized spacial score (nSPS) is 11.5. The molecule has 0 aliphatic heterocycles. The van der Waals surface area contributed by atoms with Crippen LogP contribution in [0.3, 0.4) is 0 Å². The zero-order valence-corrected chi connectivity index (χ0v) is 15.2. The largest absolute Gasteiger partial charge is 0.354 e. The summed E-state index contributed by atoms with van der Waals surface area (Å²) in [5, 5.41) is 18.8. The van der Waals surface area contributed by atoms with Gasteiger partial charge in [-0.05, 0) is 18.6 Å². The summed E-state index contributed by atoms with van der Waals surface area (Å²) in [6.45, 7) is 2.19. The minimum Gasteiger partial charge on any atom is -0.354 e. The van der Waals surface area contributed by atoms with Gasteiger partial charge in [0.05, 0.1) is 28.9 Å². The first-order valence-corrected chi connectivity index (χ1v) is 8.42. The predicted octanol–water partition coefficient (Wildman–Crippen LogP) is 1.21. The van der Waals surface area contributed by atoms with Crippen LogP contribution in [0.15, 0.2) is 24.5 Å². The second kappa shape index (κ2) is 8.97. The summed E-state index contributed by atoms with van der Waals surface area (Å²) in [5.74, 6) is -0.565. The number of hydrogen-bond donors (Lipinski definition) is 2. The van der Waals surface area contributed by atoms with E-state index in [-0.39, 0.29) is 36.5 Å². The minimum atomic E-state index is -0.356. The molecule has 2 heterocycles. The Morgan fingerprint density at radius 2 is 2.15 bits per heavy atom. The van der Waals surface area contributed by atoms with Crippen LogP contribution in [-0.4, -0.2) is 39.2 Å². The third-order valence-corrected chi connectivity index (χ3v) is 4.15. The lowest BCUT2D eigenvalue weighted by Crippen LogP contribution is -2.44. The van der Waals surface area contributed by atoms with Gasteiger partial charge in [-0.15, -0.1) is 0 Å². The summed E-state index contributed by atoms with van der Waals surface area (Å²) >= 11 is 5.99. The fraction of sp³-hybridized carbons (Fsp3) is 0.353. The Labute approximate surface area is 156 Å². The highest BCUT2D eigenvalue weighted by Gasteiger charge is 2.16. The molecule has 9 heteroatoms. The monoisotopic (exact) mass is 374 g/mol. The molecule has 0 aliphatic carbocycles.